The fourth-order valence-corrected chi connectivity index (χ4v) is 3.72. The first-order chi connectivity index (χ1) is 16.2. The quantitative estimate of drug-likeness (QED) is 0.487. The van der Waals surface area contributed by atoms with Crippen molar-refractivity contribution in [3.8, 4) is 5.75 Å². The number of morpholine rings is 1. The number of Topliss-reactive ketones (excluding diaryl/α,β-unsaturated/α-hetero) is 1. The van der Waals surface area contributed by atoms with Crippen LogP contribution in [-0.2, 0) is 28.7 Å². The molecule has 11 heteroatoms. The normalized spacial score (nSPS) is 14.4. The zero-order valence-corrected chi connectivity index (χ0v) is 18.5. The molecule has 0 N–H and O–H groups in total. The highest BCUT2D eigenvalue weighted by Crippen LogP contribution is 2.29. The monoisotopic (exact) mass is 476 g/mol. The van der Waals surface area contributed by atoms with Crippen LogP contribution in [0.4, 0.5) is 13.2 Å². The van der Waals surface area contributed by atoms with Crippen LogP contribution in [0.25, 0.3) is 10.9 Å². The van der Waals surface area contributed by atoms with E-state index in [-0.39, 0.29) is 24.6 Å². The lowest BCUT2D eigenvalue weighted by Crippen LogP contribution is -2.42. The minimum Gasteiger partial charge on any atom is -0.494 e. The van der Waals surface area contributed by atoms with E-state index in [0.717, 1.165) is 12.1 Å². The number of alkyl halides is 3. The van der Waals surface area contributed by atoms with Gasteiger partial charge in [0.15, 0.2) is 5.78 Å². The Labute approximate surface area is 193 Å². The summed E-state index contributed by atoms with van der Waals surface area (Å²) < 4.78 is 51.4. The fraction of sp³-hybridized carbons (Fsp3) is 0.391. The van der Waals surface area contributed by atoms with Gasteiger partial charge in [-0.15, -0.1) is 0 Å². The molecule has 1 aromatic carbocycles. The Morgan fingerprint density at radius 2 is 1.94 bits per heavy atom. The summed E-state index contributed by atoms with van der Waals surface area (Å²) in [6.07, 6.45) is -3.14. The summed E-state index contributed by atoms with van der Waals surface area (Å²) in [5, 5.41) is 5.12. The first-order valence-electron chi connectivity index (χ1n) is 10.8. The predicted molar refractivity (Wildman–Crippen MR) is 116 cm³/mol. The van der Waals surface area contributed by atoms with Crippen LogP contribution in [0, 0.1) is 0 Å². The number of fused-ring (bicyclic) bond motifs is 1. The molecule has 2 aromatic heterocycles. The fourth-order valence-electron chi connectivity index (χ4n) is 3.72. The van der Waals surface area contributed by atoms with Gasteiger partial charge in [0.05, 0.1) is 25.3 Å². The summed E-state index contributed by atoms with van der Waals surface area (Å²) in [5.41, 5.74) is -0.321. The Morgan fingerprint density at radius 1 is 1.18 bits per heavy atom. The van der Waals surface area contributed by atoms with Gasteiger partial charge in [-0.05, 0) is 25.1 Å². The van der Waals surface area contributed by atoms with E-state index in [2.05, 4.69) is 10.1 Å². The van der Waals surface area contributed by atoms with E-state index in [1.165, 1.54) is 10.7 Å². The second kappa shape index (κ2) is 9.80. The molecule has 1 amide bonds. The van der Waals surface area contributed by atoms with E-state index in [1.54, 1.807) is 30.2 Å². The predicted octanol–water partition coefficient (Wildman–Crippen LogP) is 3.13. The van der Waals surface area contributed by atoms with Crippen molar-refractivity contribution in [1.29, 1.82) is 0 Å². The summed E-state index contributed by atoms with van der Waals surface area (Å²) >= 11 is 0. The van der Waals surface area contributed by atoms with Crippen molar-refractivity contribution in [2.45, 2.75) is 26.1 Å². The number of ether oxygens (including phenoxy) is 2. The Balaban J connectivity index is 1.57. The number of hydrogen-bond acceptors (Lipinski definition) is 6. The molecule has 34 heavy (non-hydrogen) atoms. The maximum absolute atomic E-state index is 13.0. The van der Waals surface area contributed by atoms with Gasteiger partial charge in [0, 0.05) is 42.7 Å². The van der Waals surface area contributed by atoms with Gasteiger partial charge in [-0.2, -0.15) is 18.3 Å². The van der Waals surface area contributed by atoms with Crippen molar-refractivity contribution in [2.75, 3.05) is 32.9 Å². The Hall–Kier alpha value is -3.47. The highest BCUT2D eigenvalue weighted by Gasteiger charge is 2.33. The molecule has 180 valence electrons. The van der Waals surface area contributed by atoms with Crippen molar-refractivity contribution in [3.05, 3.63) is 53.5 Å². The average molecular weight is 476 g/mol. The van der Waals surface area contributed by atoms with Crippen molar-refractivity contribution >= 4 is 22.6 Å². The molecule has 0 aliphatic carbocycles. The van der Waals surface area contributed by atoms with E-state index in [0.29, 0.717) is 55.1 Å². The number of halogens is 3. The molecule has 0 radical (unpaired) electrons. The molecule has 0 saturated carbocycles. The number of amides is 1. The Kier molecular flexibility index (Phi) is 6.82. The van der Waals surface area contributed by atoms with Crippen LogP contribution >= 0.6 is 0 Å². The van der Waals surface area contributed by atoms with Gasteiger partial charge < -0.3 is 14.4 Å². The van der Waals surface area contributed by atoms with Crippen molar-refractivity contribution in [2.24, 2.45) is 0 Å². The minimum atomic E-state index is -4.64. The van der Waals surface area contributed by atoms with Gasteiger partial charge in [0.2, 0.25) is 5.91 Å². The van der Waals surface area contributed by atoms with Crippen LogP contribution < -0.4 is 4.74 Å². The molecule has 1 aliphatic heterocycles. The van der Waals surface area contributed by atoms with Crippen LogP contribution in [-0.4, -0.2) is 64.3 Å². The standard InChI is InChI=1S/C23H23F3N4O4/c1-2-34-20-12-18-16(13-30(28-18)14-22(32)29-6-8-33-9-7-29)10-15(20)11-19(31)17-4-3-5-21(27-17)23(24,25)26/h3-5,10,12-13H,2,6-9,11,14H2,1H3. The van der Waals surface area contributed by atoms with Gasteiger partial charge in [-0.3, -0.25) is 14.3 Å². The molecule has 0 bridgehead atoms. The zero-order valence-electron chi connectivity index (χ0n) is 18.5. The van der Waals surface area contributed by atoms with Gasteiger partial charge in [0.1, 0.15) is 23.7 Å². The van der Waals surface area contributed by atoms with E-state index in [9.17, 15) is 22.8 Å². The smallest absolute Gasteiger partial charge is 0.433 e. The minimum absolute atomic E-state index is 0.0566. The third-order valence-corrected chi connectivity index (χ3v) is 5.37. The van der Waals surface area contributed by atoms with E-state index in [4.69, 9.17) is 9.47 Å². The SMILES string of the molecule is CCOc1cc2nn(CC(=O)N3CCOCC3)cc2cc1CC(=O)c1cccc(C(F)(F)F)n1. The van der Waals surface area contributed by atoms with Gasteiger partial charge >= 0.3 is 6.18 Å². The number of ketones is 1. The second-order valence-corrected chi connectivity index (χ2v) is 7.78. The number of carbonyl (C=O) groups is 2. The Morgan fingerprint density at radius 3 is 2.65 bits per heavy atom. The van der Waals surface area contributed by atoms with E-state index < -0.39 is 17.7 Å². The topological polar surface area (TPSA) is 86.5 Å². The summed E-state index contributed by atoms with van der Waals surface area (Å²) in [7, 11) is 0. The first kappa shape index (κ1) is 23.7. The summed E-state index contributed by atoms with van der Waals surface area (Å²) in [5.74, 6) is -0.242. The molecule has 1 aliphatic rings. The van der Waals surface area contributed by atoms with Gasteiger partial charge in [-0.25, -0.2) is 4.98 Å². The van der Waals surface area contributed by atoms with E-state index >= 15 is 0 Å². The molecule has 1 saturated heterocycles. The Bertz CT molecular complexity index is 1200. The largest absolute Gasteiger partial charge is 0.494 e. The number of aromatic nitrogens is 3. The van der Waals surface area contributed by atoms with Crippen molar-refractivity contribution in [1.82, 2.24) is 19.7 Å². The molecule has 0 unspecified atom stereocenters. The third-order valence-electron chi connectivity index (χ3n) is 5.37. The average Bonchev–Trinajstić information content (AvgIpc) is 3.20. The number of carbonyl (C=O) groups excluding carboxylic acids is 2. The summed E-state index contributed by atoms with van der Waals surface area (Å²) in [4.78, 5) is 30.5. The molecule has 0 spiro atoms. The maximum Gasteiger partial charge on any atom is 0.433 e. The van der Waals surface area contributed by atoms with Crippen LogP contribution in [0.1, 0.15) is 28.7 Å². The number of hydrogen-bond donors (Lipinski definition) is 0. The molecule has 3 aromatic rings. The highest BCUT2D eigenvalue weighted by molar-refractivity contribution is 5.97. The third kappa shape index (κ3) is 5.36. The van der Waals surface area contributed by atoms with Crippen molar-refractivity contribution in [3.63, 3.8) is 0 Å². The molecular weight excluding hydrogens is 453 g/mol. The molecular formula is C23H23F3N4O4. The van der Waals surface area contributed by atoms with Crippen LogP contribution in [0.2, 0.25) is 0 Å². The molecule has 1 fully saturated rings. The molecule has 4 rings (SSSR count). The van der Waals surface area contributed by atoms with Crippen LogP contribution in [0.15, 0.2) is 36.5 Å². The van der Waals surface area contributed by atoms with E-state index in [1.807, 2.05) is 0 Å². The van der Waals surface area contributed by atoms with Gasteiger partial charge in [-0.1, -0.05) is 6.07 Å². The highest BCUT2D eigenvalue weighted by atomic mass is 19.4. The lowest BCUT2D eigenvalue weighted by atomic mass is 10.0. The maximum atomic E-state index is 13.0. The van der Waals surface area contributed by atoms with Crippen LogP contribution in [0.3, 0.4) is 0 Å². The number of benzene rings is 1. The second-order valence-electron chi connectivity index (χ2n) is 7.78. The molecule has 0 atom stereocenters. The zero-order chi connectivity index (χ0) is 24.3. The lowest BCUT2D eigenvalue weighted by molar-refractivity contribution is -0.141. The number of pyridine rings is 1. The lowest BCUT2D eigenvalue weighted by Gasteiger charge is -2.26. The summed E-state index contributed by atoms with van der Waals surface area (Å²) in [6.45, 7) is 4.23. The van der Waals surface area contributed by atoms with Crippen molar-refractivity contribution < 1.29 is 32.2 Å². The number of rotatable bonds is 7. The molecule has 8 nitrogen and oxygen atoms in total. The number of nitrogens with zero attached hydrogens (tertiary/aromatic N) is 4. The summed E-state index contributed by atoms with van der Waals surface area (Å²) in [6, 6.07) is 6.60. The first-order valence-corrected chi connectivity index (χ1v) is 10.8. The van der Waals surface area contributed by atoms with Crippen LogP contribution in [0.5, 0.6) is 5.75 Å². The van der Waals surface area contributed by atoms with Gasteiger partial charge in [0.25, 0.3) is 0 Å². The molecule has 3 heterocycles.